The summed E-state index contributed by atoms with van der Waals surface area (Å²) in [4.78, 5) is 24.5. The molecule has 1 aromatic rings. The molecule has 0 spiro atoms. The third kappa shape index (κ3) is 3.79. The van der Waals surface area contributed by atoms with E-state index < -0.39 is 5.97 Å². The quantitative estimate of drug-likeness (QED) is 0.855. The Morgan fingerprint density at radius 1 is 1.60 bits per heavy atom. The van der Waals surface area contributed by atoms with Crippen LogP contribution in [0, 0.1) is 17.2 Å². The van der Waals surface area contributed by atoms with Crippen molar-refractivity contribution in [3.63, 3.8) is 0 Å². The number of nitrogens with zero attached hydrogens (tertiary/aromatic N) is 2. The van der Waals surface area contributed by atoms with E-state index in [2.05, 4.69) is 5.32 Å². The van der Waals surface area contributed by atoms with Crippen molar-refractivity contribution in [2.24, 2.45) is 5.92 Å². The molecule has 1 aromatic heterocycles. The number of hydrogen-bond acceptors (Lipinski definition) is 5. The third-order valence-electron chi connectivity index (χ3n) is 3.24. The van der Waals surface area contributed by atoms with E-state index in [1.54, 1.807) is 11.4 Å². The second-order valence-corrected chi connectivity index (χ2v) is 5.73. The molecular weight excluding hydrogens is 278 g/mol. The molecule has 0 aromatic carbocycles. The van der Waals surface area contributed by atoms with E-state index in [0.717, 1.165) is 13.0 Å². The van der Waals surface area contributed by atoms with Gasteiger partial charge in [-0.1, -0.05) is 0 Å². The number of amides is 1. The zero-order valence-electron chi connectivity index (χ0n) is 10.8. The summed E-state index contributed by atoms with van der Waals surface area (Å²) in [7, 11) is 0. The fraction of sp³-hybridized carbons (Fsp3) is 0.462. The fourth-order valence-electron chi connectivity index (χ4n) is 2.33. The number of nitrogens with one attached hydrogen (secondary N) is 1. The van der Waals surface area contributed by atoms with Gasteiger partial charge in [-0.25, -0.2) is 0 Å². The molecule has 6 nitrogen and oxygen atoms in total. The summed E-state index contributed by atoms with van der Waals surface area (Å²) in [5.41, 5.74) is 0.466. The molecule has 0 aliphatic carbocycles. The molecule has 1 fully saturated rings. The zero-order valence-corrected chi connectivity index (χ0v) is 11.7. The first-order valence-electron chi connectivity index (χ1n) is 6.30. The highest BCUT2D eigenvalue weighted by atomic mass is 32.1. The lowest BCUT2D eigenvalue weighted by Crippen LogP contribution is -2.31. The molecule has 2 rings (SSSR count). The van der Waals surface area contributed by atoms with Crippen molar-refractivity contribution >= 4 is 28.2 Å². The van der Waals surface area contributed by atoms with Crippen LogP contribution in [0.15, 0.2) is 11.4 Å². The summed E-state index contributed by atoms with van der Waals surface area (Å²) in [6, 6.07) is 3.69. The van der Waals surface area contributed by atoms with Crippen molar-refractivity contribution < 1.29 is 14.7 Å². The topological polar surface area (TPSA) is 93.4 Å². The van der Waals surface area contributed by atoms with E-state index in [1.807, 2.05) is 11.0 Å². The van der Waals surface area contributed by atoms with E-state index >= 15 is 0 Å². The number of likely N-dealkylation sites (tertiary alicyclic amines) is 1. The monoisotopic (exact) mass is 293 g/mol. The molecule has 20 heavy (non-hydrogen) atoms. The van der Waals surface area contributed by atoms with Crippen LogP contribution >= 0.6 is 11.3 Å². The van der Waals surface area contributed by atoms with Crippen molar-refractivity contribution in [3.8, 4) is 6.07 Å². The molecular formula is C13H15N3O3S. The Kier molecular flexibility index (Phi) is 4.71. The number of hydrogen-bond donors (Lipinski definition) is 2. The van der Waals surface area contributed by atoms with Crippen LogP contribution in [0.5, 0.6) is 0 Å². The second kappa shape index (κ2) is 6.50. The first kappa shape index (κ1) is 14.5. The Hall–Kier alpha value is -1.91. The lowest BCUT2D eigenvalue weighted by Gasteiger charge is -2.14. The van der Waals surface area contributed by atoms with Crippen molar-refractivity contribution in [1.29, 1.82) is 5.26 Å². The second-order valence-electron chi connectivity index (χ2n) is 4.81. The minimum absolute atomic E-state index is 0.122. The van der Waals surface area contributed by atoms with Crippen LogP contribution in [-0.2, 0) is 9.59 Å². The van der Waals surface area contributed by atoms with Crippen molar-refractivity contribution in [3.05, 3.63) is 17.0 Å². The predicted octanol–water partition coefficient (Wildman–Crippen LogP) is 1.35. The first-order valence-corrected chi connectivity index (χ1v) is 7.18. The molecule has 7 heteroatoms. The van der Waals surface area contributed by atoms with Gasteiger partial charge in [-0.15, -0.1) is 11.3 Å². The first-order chi connectivity index (χ1) is 9.58. The van der Waals surface area contributed by atoms with Gasteiger partial charge in [0.05, 0.1) is 12.1 Å². The van der Waals surface area contributed by atoms with Crippen LogP contribution in [0.25, 0.3) is 0 Å². The molecule has 0 radical (unpaired) electrons. The number of anilines is 1. The molecule has 2 heterocycles. The molecule has 0 saturated carbocycles. The average Bonchev–Trinajstić information content (AvgIpc) is 2.98. The van der Waals surface area contributed by atoms with E-state index in [0.29, 0.717) is 17.1 Å². The molecule has 1 aliphatic heterocycles. The van der Waals surface area contributed by atoms with Crippen LogP contribution in [0.1, 0.15) is 18.4 Å². The summed E-state index contributed by atoms with van der Waals surface area (Å²) >= 11 is 1.32. The van der Waals surface area contributed by atoms with Crippen LogP contribution < -0.4 is 5.32 Å². The highest BCUT2D eigenvalue weighted by Crippen LogP contribution is 2.23. The van der Waals surface area contributed by atoms with E-state index in [9.17, 15) is 9.59 Å². The number of carbonyl (C=O) groups is 2. The Labute approximate surface area is 120 Å². The summed E-state index contributed by atoms with van der Waals surface area (Å²) < 4.78 is 0. The maximum Gasteiger partial charge on any atom is 0.303 e. The molecule has 106 valence electrons. The van der Waals surface area contributed by atoms with Crippen LogP contribution in [0.4, 0.5) is 5.00 Å². The smallest absolute Gasteiger partial charge is 0.303 e. The molecule has 1 saturated heterocycles. The molecule has 1 amide bonds. The number of carboxylic acid groups (broad SMARTS) is 1. The Bertz CT molecular complexity index is 549. The number of carboxylic acids is 1. The van der Waals surface area contributed by atoms with Gasteiger partial charge in [0, 0.05) is 13.0 Å². The summed E-state index contributed by atoms with van der Waals surface area (Å²) in [5.74, 6) is -0.838. The van der Waals surface area contributed by atoms with E-state index in [4.69, 9.17) is 10.4 Å². The summed E-state index contributed by atoms with van der Waals surface area (Å²) in [6.07, 6.45) is 0.962. The average molecular weight is 293 g/mol. The van der Waals surface area contributed by atoms with Crippen LogP contribution in [-0.4, -0.2) is 41.5 Å². The Balaban J connectivity index is 1.81. The van der Waals surface area contributed by atoms with Crippen LogP contribution in [0.3, 0.4) is 0 Å². The number of thiophene rings is 1. The molecule has 2 N–H and O–H groups in total. The fourth-order valence-corrected chi connectivity index (χ4v) is 3.09. The SMILES string of the molecule is N#Cc1ccsc1NC(=O)CN1CCC(CC(=O)O)C1. The van der Waals surface area contributed by atoms with Crippen molar-refractivity contribution in [1.82, 2.24) is 4.90 Å². The number of nitriles is 1. The number of aliphatic carboxylic acids is 1. The summed E-state index contributed by atoms with van der Waals surface area (Å²) in [6.45, 7) is 1.61. The number of carbonyl (C=O) groups excluding carboxylic acids is 1. The number of rotatable bonds is 5. The maximum absolute atomic E-state index is 11.9. The van der Waals surface area contributed by atoms with Crippen molar-refractivity contribution in [2.45, 2.75) is 12.8 Å². The lowest BCUT2D eigenvalue weighted by atomic mass is 10.1. The van der Waals surface area contributed by atoms with E-state index in [1.165, 1.54) is 11.3 Å². The van der Waals surface area contributed by atoms with Gasteiger partial charge in [0.1, 0.15) is 11.1 Å². The van der Waals surface area contributed by atoms with Gasteiger partial charge in [0.2, 0.25) is 5.91 Å². The zero-order chi connectivity index (χ0) is 14.5. The van der Waals surface area contributed by atoms with Gasteiger partial charge in [-0.05, 0) is 30.3 Å². The van der Waals surface area contributed by atoms with Crippen molar-refractivity contribution in [2.75, 3.05) is 25.0 Å². The summed E-state index contributed by atoms with van der Waals surface area (Å²) in [5, 5.41) is 22.7. The standard InChI is InChI=1S/C13H15N3O3S/c14-6-10-2-4-20-13(10)15-11(17)8-16-3-1-9(7-16)5-12(18)19/h2,4,9H,1,3,5,7-8H2,(H,15,17)(H,18,19). The van der Waals surface area contributed by atoms with Gasteiger partial charge >= 0.3 is 5.97 Å². The maximum atomic E-state index is 11.9. The van der Waals surface area contributed by atoms with Gasteiger partial charge in [-0.3, -0.25) is 14.5 Å². The highest BCUT2D eigenvalue weighted by Gasteiger charge is 2.25. The van der Waals surface area contributed by atoms with Crippen LogP contribution in [0.2, 0.25) is 0 Å². The molecule has 1 aliphatic rings. The predicted molar refractivity (Wildman–Crippen MR) is 74.5 cm³/mol. The largest absolute Gasteiger partial charge is 0.481 e. The van der Waals surface area contributed by atoms with Gasteiger partial charge in [0.15, 0.2) is 0 Å². The van der Waals surface area contributed by atoms with E-state index in [-0.39, 0.29) is 24.8 Å². The highest BCUT2D eigenvalue weighted by molar-refractivity contribution is 7.14. The lowest BCUT2D eigenvalue weighted by molar-refractivity contribution is -0.138. The van der Waals surface area contributed by atoms with Gasteiger partial charge in [0.25, 0.3) is 0 Å². The third-order valence-corrected chi connectivity index (χ3v) is 4.07. The normalized spacial score (nSPS) is 18.6. The minimum atomic E-state index is -0.793. The Morgan fingerprint density at radius 3 is 3.10 bits per heavy atom. The molecule has 0 bridgehead atoms. The molecule has 1 unspecified atom stereocenters. The van der Waals surface area contributed by atoms with Gasteiger partial charge < -0.3 is 10.4 Å². The molecule has 1 atom stereocenters. The Morgan fingerprint density at radius 2 is 2.40 bits per heavy atom. The van der Waals surface area contributed by atoms with Gasteiger partial charge in [-0.2, -0.15) is 5.26 Å². The minimum Gasteiger partial charge on any atom is -0.481 e.